The minimum Gasteiger partial charge on any atom is -0.247 e. The number of alkyl halides is 1. The molecule has 0 aliphatic heterocycles. The SMILES string of the molecule is CCC1C(C)CCC(C)C1F. The number of rotatable bonds is 1. The zero-order valence-electron chi connectivity index (χ0n) is 7.81. The van der Waals surface area contributed by atoms with Crippen LogP contribution in [0, 0.1) is 17.8 Å². The van der Waals surface area contributed by atoms with Gasteiger partial charge in [0.2, 0.25) is 0 Å². The van der Waals surface area contributed by atoms with Gasteiger partial charge in [-0.15, -0.1) is 0 Å². The molecule has 1 fully saturated rings. The van der Waals surface area contributed by atoms with Gasteiger partial charge >= 0.3 is 0 Å². The molecular weight excluding hydrogens is 139 g/mol. The average molecular weight is 158 g/mol. The smallest absolute Gasteiger partial charge is 0.106 e. The second-order valence-corrected chi connectivity index (χ2v) is 4.05. The fourth-order valence-electron chi connectivity index (χ4n) is 2.26. The number of hydrogen-bond acceptors (Lipinski definition) is 0. The van der Waals surface area contributed by atoms with Gasteiger partial charge in [0.15, 0.2) is 0 Å². The zero-order chi connectivity index (χ0) is 8.43. The lowest BCUT2D eigenvalue weighted by Crippen LogP contribution is -2.33. The topological polar surface area (TPSA) is 0 Å². The highest BCUT2D eigenvalue weighted by Crippen LogP contribution is 2.37. The summed E-state index contributed by atoms with van der Waals surface area (Å²) < 4.78 is 13.5. The molecule has 1 aliphatic rings. The molecule has 0 aromatic heterocycles. The Morgan fingerprint density at radius 3 is 2.18 bits per heavy atom. The molecule has 0 N–H and O–H groups in total. The summed E-state index contributed by atoms with van der Waals surface area (Å²) in [6.07, 6.45) is 2.77. The van der Waals surface area contributed by atoms with Gasteiger partial charge in [-0.25, -0.2) is 4.39 Å². The van der Waals surface area contributed by atoms with Crippen LogP contribution >= 0.6 is 0 Å². The van der Waals surface area contributed by atoms with E-state index in [-0.39, 0.29) is 0 Å². The molecule has 11 heavy (non-hydrogen) atoms. The lowest BCUT2D eigenvalue weighted by atomic mass is 9.73. The highest BCUT2D eigenvalue weighted by atomic mass is 19.1. The van der Waals surface area contributed by atoms with E-state index in [9.17, 15) is 4.39 Å². The average Bonchev–Trinajstić information content (AvgIpc) is 1.99. The zero-order valence-corrected chi connectivity index (χ0v) is 7.81. The summed E-state index contributed by atoms with van der Waals surface area (Å²) in [5.74, 6) is 1.24. The van der Waals surface area contributed by atoms with E-state index in [2.05, 4.69) is 13.8 Å². The summed E-state index contributed by atoms with van der Waals surface area (Å²) in [5.41, 5.74) is 0. The van der Waals surface area contributed by atoms with Gasteiger partial charge in [-0.1, -0.05) is 27.2 Å². The molecule has 0 aromatic rings. The maximum Gasteiger partial charge on any atom is 0.106 e. The Morgan fingerprint density at radius 1 is 1.18 bits per heavy atom. The third-order valence-corrected chi connectivity index (χ3v) is 3.23. The Bertz CT molecular complexity index is 122. The summed E-state index contributed by atoms with van der Waals surface area (Å²) in [7, 11) is 0. The molecular formula is C10H19F. The first-order valence-electron chi connectivity index (χ1n) is 4.80. The van der Waals surface area contributed by atoms with Crippen molar-refractivity contribution in [3.8, 4) is 0 Å². The quantitative estimate of drug-likeness (QED) is 0.548. The van der Waals surface area contributed by atoms with Crippen LogP contribution in [-0.4, -0.2) is 6.17 Å². The van der Waals surface area contributed by atoms with Crippen molar-refractivity contribution in [3.63, 3.8) is 0 Å². The molecule has 4 atom stereocenters. The predicted octanol–water partition coefficient (Wildman–Crippen LogP) is 3.42. The van der Waals surface area contributed by atoms with Gasteiger partial charge in [0.1, 0.15) is 6.17 Å². The highest BCUT2D eigenvalue weighted by molar-refractivity contribution is 4.83. The van der Waals surface area contributed by atoms with Crippen molar-refractivity contribution >= 4 is 0 Å². The van der Waals surface area contributed by atoms with Crippen molar-refractivity contribution in [1.29, 1.82) is 0 Å². The summed E-state index contributed by atoms with van der Waals surface area (Å²) in [6, 6.07) is 0. The third-order valence-electron chi connectivity index (χ3n) is 3.23. The molecule has 0 nitrogen and oxygen atoms in total. The predicted molar refractivity (Wildman–Crippen MR) is 46.2 cm³/mol. The van der Waals surface area contributed by atoms with Crippen LogP contribution in [-0.2, 0) is 0 Å². The van der Waals surface area contributed by atoms with Gasteiger partial charge in [0.25, 0.3) is 0 Å². The normalized spacial score (nSPS) is 45.8. The van der Waals surface area contributed by atoms with Crippen LogP contribution in [0.15, 0.2) is 0 Å². The summed E-state index contributed by atoms with van der Waals surface area (Å²) >= 11 is 0. The molecule has 0 saturated heterocycles. The second kappa shape index (κ2) is 3.55. The number of hydrogen-bond donors (Lipinski definition) is 0. The van der Waals surface area contributed by atoms with E-state index in [0.717, 1.165) is 12.8 Å². The van der Waals surface area contributed by atoms with E-state index < -0.39 is 6.17 Å². The molecule has 1 saturated carbocycles. The molecule has 66 valence electrons. The van der Waals surface area contributed by atoms with Crippen molar-refractivity contribution < 1.29 is 4.39 Å². The Morgan fingerprint density at radius 2 is 1.73 bits per heavy atom. The van der Waals surface area contributed by atoms with Gasteiger partial charge in [-0.05, 0) is 30.6 Å². The third kappa shape index (κ3) is 1.74. The Kier molecular flexibility index (Phi) is 2.91. The van der Waals surface area contributed by atoms with Gasteiger partial charge in [-0.3, -0.25) is 0 Å². The van der Waals surface area contributed by atoms with Crippen LogP contribution in [0.2, 0.25) is 0 Å². The maximum atomic E-state index is 13.5. The molecule has 0 amide bonds. The van der Waals surface area contributed by atoms with Gasteiger partial charge in [0.05, 0.1) is 0 Å². The Balaban J connectivity index is 2.55. The van der Waals surface area contributed by atoms with E-state index >= 15 is 0 Å². The lowest BCUT2D eigenvalue weighted by molar-refractivity contribution is 0.0647. The van der Waals surface area contributed by atoms with Crippen LogP contribution < -0.4 is 0 Å². The van der Waals surface area contributed by atoms with Crippen LogP contribution in [0.25, 0.3) is 0 Å². The lowest BCUT2D eigenvalue weighted by Gasteiger charge is -2.35. The summed E-state index contributed by atoms with van der Waals surface area (Å²) in [5, 5.41) is 0. The summed E-state index contributed by atoms with van der Waals surface area (Å²) in [6.45, 7) is 6.33. The molecule has 0 radical (unpaired) electrons. The largest absolute Gasteiger partial charge is 0.247 e. The van der Waals surface area contributed by atoms with E-state index in [4.69, 9.17) is 0 Å². The molecule has 0 heterocycles. The standard InChI is InChI=1S/C10H19F/c1-4-9-7(2)5-6-8(3)10(9)11/h7-10H,4-6H2,1-3H3. The van der Waals surface area contributed by atoms with Crippen LogP contribution in [0.1, 0.15) is 40.0 Å². The first-order chi connectivity index (χ1) is 5.16. The van der Waals surface area contributed by atoms with E-state index in [0.29, 0.717) is 17.8 Å². The molecule has 1 aliphatic carbocycles. The van der Waals surface area contributed by atoms with E-state index in [1.54, 1.807) is 0 Å². The monoisotopic (exact) mass is 158 g/mol. The van der Waals surface area contributed by atoms with Crippen molar-refractivity contribution in [2.24, 2.45) is 17.8 Å². The van der Waals surface area contributed by atoms with E-state index in [1.165, 1.54) is 6.42 Å². The fraction of sp³-hybridized carbons (Fsp3) is 1.00. The molecule has 0 aromatic carbocycles. The van der Waals surface area contributed by atoms with Crippen LogP contribution in [0.5, 0.6) is 0 Å². The van der Waals surface area contributed by atoms with Crippen molar-refractivity contribution in [2.45, 2.75) is 46.2 Å². The van der Waals surface area contributed by atoms with Gasteiger partial charge < -0.3 is 0 Å². The maximum absolute atomic E-state index is 13.5. The molecule has 1 rings (SSSR count). The molecule has 0 spiro atoms. The Hall–Kier alpha value is -0.0700. The highest BCUT2D eigenvalue weighted by Gasteiger charge is 2.33. The van der Waals surface area contributed by atoms with Crippen LogP contribution in [0.3, 0.4) is 0 Å². The van der Waals surface area contributed by atoms with Crippen LogP contribution in [0.4, 0.5) is 4.39 Å². The van der Waals surface area contributed by atoms with Crippen molar-refractivity contribution in [3.05, 3.63) is 0 Å². The molecule has 4 unspecified atom stereocenters. The number of halogens is 1. The Labute approximate surface area is 69.2 Å². The fourth-order valence-corrected chi connectivity index (χ4v) is 2.26. The van der Waals surface area contributed by atoms with E-state index in [1.807, 2.05) is 6.92 Å². The first-order valence-corrected chi connectivity index (χ1v) is 4.80. The van der Waals surface area contributed by atoms with Crippen molar-refractivity contribution in [2.75, 3.05) is 0 Å². The molecule has 0 bridgehead atoms. The van der Waals surface area contributed by atoms with Gasteiger partial charge in [0, 0.05) is 0 Å². The molecule has 1 heteroatoms. The summed E-state index contributed by atoms with van der Waals surface area (Å²) in [4.78, 5) is 0. The van der Waals surface area contributed by atoms with Crippen molar-refractivity contribution in [1.82, 2.24) is 0 Å². The minimum absolute atomic E-state index is 0.302. The second-order valence-electron chi connectivity index (χ2n) is 4.05. The minimum atomic E-state index is -0.538. The first kappa shape index (κ1) is 9.02. The van der Waals surface area contributed by atoms with Gasteiger partial charge in [-0.2, -0.15) is 0 Å².